The quantitative estimate of drug-likeness (QED) is 0.789. The molecule has 1 aromatic carbocycles. The predicted molar refractivity (Wildman–Crippen MR) is 73.9 cm³/mol. The first kappa shape index (κ1) is 11.9. The minimum absolute atomic E-state index is 0.787. The van der Waals surface area contributed by atoms with Crippen LogP contribution in [0.5, 0.6) is 0 Å². The molecule has 0 aliphatic heterocycles. The molecule has 0 bridgehead atoms. The molecule has 0 unspecified atom stereocenters. The van der Waals surface area contributed by atoms with Gasteiger partial charge in [0.05, 0.1) is 8.07 Å². The van der Waals surface area contributed by atoms with E-state index in [-0.39, 0.29) is 0 Å². The average Bonchev–Trinajstić information content (AvgIpc) is 2.14. The third-order valence-electron chi connectivity index (χ3n) is 3.51. The van der Waals surface area contributed by atoms with E-state index in [2.05, 4.69) is 49.2 Å². The molecule has 0 saturated heterocycles. The van der Waals surface area contributed by atoms with Gasteiger partial charge in [0.25, 0.3) is 0 Å². The van der Waals surface area contributed by atoms with Gasteiger partial charge in [0.1, 0.15) is 0 Å². The van der Waals surface area contributed by atoms with Crippen LogP contribution in [0.1, 0.15) is 24.8 Å². The lowest BCUT2D eigenvalue weighted by Gasteiger charge is -2.28. The van der Waals surface area contributed by atoms with Crippen LogP contribution in [-0.2, 0) is 6.54 Å². The molecule has 2 rings (SSSR count). The van der Waals surface area contributed by atoms with E-state index in [1.165, 1.54) is 24.8 Å². The zero-order valence-electron chi connectivity index (χ0n) is 10.7. The Morgan fingerprint density at radius 3 is 2.44 bits per heavy atom. The lowest BCUT2D eigenvalue weighted by molar-refractivity contribution is 0.338. The lowest BCUT2D eigenvalue weighted by Crippen LogP contribution is -2.42. The number of nitrogens with one attached hydrogen (secondary N) is 1. The van der Waals surface area contributed by atoms with Gasteiger partial charge >= 0.3 is 0 Å². The molecule has 0 amide bonds. The molecule has 0 heterocycles. The van der Waals surface area contributed by atoms with Crippen molar-refractivity contribution in [2.75, 3.05) is 0 Å². The van der Waals surface area contributed by atoms with Crippen molar-refractivity contribution in [2.45, 2.75) is 51.5 Å². The molecule has 0 aromatic heterocycles. The highest BCUT2D eigenvalue weighted by molar-refractivity contribution is 6.89. The van der Waals surface area contributed by atoms with Crippen molar-refractivity contribution in [1.29, 1.82) is 0 Å². The molecule has 2 heteroatoms. The van der Waals surface area contributed by atoms with E-state index in [0.717, 1.165) is 12.6 Å². The SMILES string of the molecule is C[Si](C)(C)c1ccccc1CNC1CCC1. The van der Waals surface area contributed by atoms with Gasteiger partial charge in [-0.15, -0.1) is 0 Å². The molecule has 1 aliphatic rings. The fraction of sp³-hybridized carbons (Fsp3) is 0.571. The molecule has 0 radical (unpaired) electrons. The van der Waals surface area contributed by atoms with Gasteiger partial charge in [0.2, 0.25) is 0 Å². The van der Waals surface area contributed by atoms with Crippen molar-refractivity contribution in [3.05, 3.63) is 29.8 Å². The van der Waals surface area contributed by atoms with Gasteiger partial charge in [-0.1, -0.05) is 55.5 Å². The number of rotatable bonds is 4. The molecule has 88 valence electrons. The van der Waals surface area contributed by atoms with Crippen LogP contribution in [0, 0.1) is 0 Å². The van der Waals surface area contributed by atoms with E-state index < -0.39 is 8.07 Å². The van der Waals surface area contributed by atoms with Gasteiger partial charge in [-0.25, -0.2) is 0 Å². The fourth-order valence-corrected chi connectivity index (χ4v) is 4.00. The highest BCUT2D eigenvalue weighted by Gasteiger charge is 2.21. The number of benzene rings is 1. The van der Waals surface area contributed by atoms with E-state index >= 15 is 0 Å². The van der Waals surface area contributed by atoms with Crippen molar-refractivity contribution < 1.29 is 0 Å². The van der Waals surface area contributed by atoms with Crippen LogP contribution >= 0.6 is 0 Å². The summed E-state index contributed by atoms with van der Waals surface area (Å²) in [5.41, 5.74) is 1.52. The van der Waals surface area contributed by atoms with E-state index in [4.69, 9.17) is 0 Å². The largest absolute Gasteiger partial charge is 0.310 e. The highest BCUT2D eigenvalue weighted by Crippen LogP contribution is 2.18. The van der Waals surface area contributed by atoms with E-state index in [1.807, 2.05) is 0 Å². The topological polar surface area (TPSA) is 12.0 Å². The van der Waals surface area contributed by atoms with E-state index in [1.54, 1.807) is 5.19 Å². The van der Waals surface area contributed by atoms with Gasteiger partial charge in [0.15, 0.2) is 0 Å². The van der Waals surface area contributed by atoms with Crippen LogP contribution in [0.2, 0.25) is 19.6 Å². The van der Waals surface area contributed by atoms with Crippen molar-refractivity contribution in [2.24, 2.45) is 0 Å². The van der Waals surface area contributed by atoms with Crippen LogP contribution in [-0.4, -0.2) is 14.1 Å². The van der Waals surface area contributed by atoms with Crippen LogP contribution in [0.3, 0.4) is 0 Å². The average molecular weight is 233 g/mol. The summed E-state index contributed by atoms with van der Waals surface area (Å²) in [6, 6.07) is 9.75. The van der Waals surface area contributed by atoms with E-state index in [0.29, 0.717) is 0 Å². The van der Waals surface area contributed by atoms with Crippen molar-refractivity contribution >= 4 is 13.3 Å². The summed E-state index contributed by atoms with van der Waals surface area (Å²) in [6.07, 6.45) is 4.15. The Kier molecular flexibility index (Phi) is 3.50. The molecule has 1 nitrogen and oxygen atoms in total. The number of hydrogen-bond acceptors (Lipinski definition) is 1. The van der Waals surface area contributed by atoms with Crippen molar-refractivity contribution in [3.63, 3.8) is 0 Å². The summed E-state index contributed by atoms with van der Waals surface area (Å²) in [7, 11) is -1.18. The first-order valence-electron chi connectivity index (χ1n) is 6.39. The molecule has 1 fully saturated rings. The zero-order valence-corrected chi connectivity index (χ0v) is 11.7. The lowest BCUT2D eigenvalue weighted by atomic mass is 9.93. The molecule has 1 aromatic rings. The first-order chi connectivity index (χ1) is 7.57. The minimum atomic E-state index is -1.18. The molecule has 1 N–H and O–H groups in total. The van der Waals surface area contributed by atoms with Gasteiger partial charge < -0.3 is 5.32 Å². The maximum absolute atomic E-state index is 3.67. The maximum Gasteiger partial charge on any atom is 0.0780 e. The zero-order chi connectivity index (χ0) is 11.6. The van der Waals surface area contributed by atoms with Crippen LogP contribution in [0.15, 0.2) is 24.3 Å². The monoisotopic (exact) mass is 233 g/mol. The fourth-order valence-electron chi connectivity index (χ4n) is 2.27. The molecule has 0 spiro atoms. The molecule has 16 heavy (non-hydrogen) atoms. The number of hydrogen-bond donors (Lipinski definition) is 1. The maximum atomic E-state index is 3.67. The highest BCUT2D eigenvalue weighted by atomic mass is 28.3. The van der Waals surface area contributed by atoms with Gasteiger partial charge in [-0.05, 0) is 18.4 Å². The van der Waals surface area contributed by atoms with Gasteiger partial charge in [-0.2, -0.15) is 0 Å². The normalized spacial score (nSPS) is 17.2. The summed E-state index contributed by atoms with van der Waals surface area (Å²) in [5.74, 6) is 0. The third kappa shape index (κ3) is 2.74. The van der Waals surface area contributed by atoms with Gasteiger partial charge in [-0.3, -0.25) is 0 Å². The summed E-state index contributed by atoms with van der Waals surface area (Å²) < 4.78 is 0. The minimum Gasteiger partial charge on any atom is -0.310 e. The second-order valence-corrected chi connectivity index (χ2v) is 11.0. The van der Waals surface area contributed by atoms with Crippen LogP contribution < -0.4 is 10.5 Å². The molecular formula is C14H23NSi. The van der Waals surface area contributed by atoms with E-state index in [9.17, 15) is 0 Å². The Hall–Kier alpha value is -0.603. The molecule has 1 saturated carbocycles. The molecule has 0 atom stereocenters. The second kappa shape index (κ2) is 4.72. The van der Waals surface area contributed by atoms with Crippen LogP contribution in [0.25, 0.3) is 0 Å². The Balaban J connectivity index is 2.06. The Bertz CT molecular complexity index is 350. The molecular weight excluding hydrogens is 210 g/mol. The standard InChI is InChI=1S/C14H23NSi/c1-16(2,3)14-10-5-4-7-12(14)11-15-13-8-6-9-13/h4-5,7,10,13,15H,6,8-9,11H2,1-3H3. The Morgan fingerprint density at radius 1 is 1.19 bits per heavy atom. The Labute approximate surface area is 100 Å². The predicted octanol–water partition coefficient (Wildman–Crippen LogP) is 2.87. The summed E-state index contributed by atoms with van der Waals surface area (Å²) in [4.78, 5) is 0. The summed E-state index contributed by atoms with van der Waals surface area (Å²) in [5, 5.41) is 5.28. The smallest absolute Gasteiger partial charge is 0.0780 e. The van der Waals surface area contributed by atoms with Crippen molar-refractivity contribution in [1.82, 2.24) is 5.32 Å². The Morgan fingerprint density at radius 2 is 1.88 bits per heavy atom. The third-order valence-corrected chi connectivity index (χ3v) is 5.62. The van der Waals surface area contributed by atoms with Crippen LogP contribution in [0.4, 0.5) is 0 Å². The second-order valence-electron chi connectivity index (χ2n) is 5.92. The summed E-state index contributed by atoms with van der Waals surface area (Å²) >= 11 is 0. The summed E-state index contributed by atoms with van der Waals surface area (Å²) in [6.45, 7) is 8.34. The van der Waals surface area contributed by atoms with Crippen molar-refractivity contribution in [3.8, 4) is 0 Å². The molecule has 1 aliphatic carbocycles. The van der Waals surface area contributed by atoms with Gasteiger partial charge in [0, 0.05) is 12.6 Å². The first-order valence-corrected chi connectivity index (χ1v) is 9.89.